The molecule has 0 aliphatic rings. The van der Waals surface area contributed by atoms with E-state index in [2.05, 4.69) is 11.1 Å². The van der Waals surface area contributed by atoms with E-state index in [1.165, 1.54) is 0 Å². The average molecular weight is 222 g/mol. The van der Waals surface area contributed by atoms with Crippen LogP contribution in [0.15, 0.2) is 0 Å². The van der Waals surface area contributed by atoms with Gasteiger partial charge >= 0.3 is 48.1 Å². The molecule has 4 nitrogen and oxygen atoms in total. The molecule has 12 heavy (non-hydrogen) atoms. The Bertz CT molecular complexity index is 178. The first-order chi connectivity index (χ1) is 5.06. The van der Waals surface area contributed by atoms with E-state index in [0.29, 0.717) is 6.42 Å². The maximum Gasteiger partial charge on any atom is 2.00 e. The number of unbranched alkanes of at least 4 members (excludes halogenated alkanes) is 3. The van der Waals surface area contributed by atoms with E-state index in [9.17, 15) is 8.42 Å². The quantitative estimate of drug-likeness (QED) is 0.414. The third-order valence-electron chi connectivity index (χ3n) is 1.23. The third-order valence-corrected chi connectivity index (χ3v) is 1.69. The topological polar surface area (TPSA) is 63.6 Å². The van der Waals surface area contributed by atoms with Gasteiger partial charge in [0.05, 0.1) is 6.61 Å². The number of hydrogen-bond donors (Lipinski definition) is 1. The van der Waals surface area contributed by atoms with Crippen LogP contribution in [0.2, 0.25) is 0 Å². The second kappa shape index (κ2) is 8.72. The molecule has 0 amide bonds. The molecule has 0 spiro atoms. The average Bonchev–Trinajstić information content (AvgIpc) is 1.85. The number of hydrogen-bond acceptors (Lipinski definition) is 3. The molecule has 0 aliphatic heterocycles. The van der Waals surface area contributed by atoms with Crippen LogP contribution in [0.3, 0.4) is 0 Å². The summed E-state index contributed by atoms with van der Waals surface area (Å²) < 4.78 is 32.2. The van der Waals surface area contributed by atoms with Crippen LogP contribution < -0.4 is 0 Å². The zero-order valence-corrected chi connectivity index (χ0v) is 10.3. The van der Waals surface area contributed by atoms with E-state index in [-0.39, 0.29) is 44.3 Å². The Morgan fingerprint density at radius 3 is 2.25 bits per heavy atom. The molecule has 0 fully saturated rings. The van der Waals surface area contributed by atoms with Crippen molar-refractivity contribution in [2.45, 2.75) is 32.6 Å². The Morgan fingerprint density at radius 1 is 1.25 bits per heavy atom. The van der Waals surface area contributed by atoms with Crippen molar-refractivity contribution in [3.63, 3.8) is 0 Å². The second-order valence-electron chi connectivity index (χ2n) is 2.31. The van der Waals surface area contributed by atoms with Crippen molar-refractivity contribution in [2.24, 2.45) is 0 Å². The molecule has 0 aliphatic carbocycles. The van der Waals surface area contributed by atoms with E-state index < -0.39 is 10.4 Å². The van der Waals surface area contributed by atoms with Crippen molar-refractivity contribution in [3.05, 3.63) is 0 Å². The first-order valence-corrected chi connectivity index (χ1v) is 5.04. The summed E-state index contributed by atoms with van der Waals surface area (Å²) in [7, 11) is -4.21. The SMILES string of the molecule is CCCCCCOS(=O)(=O)O.[Ca+2]. The van der Waals surface area contributed by atoms with E-state index >= 15 is 0 Å². The van der Waals surface area contributed by atoms with Crippen LogP contribution >= 0.6 is 0 Å². The standard InChI is InChI=1S/C6H14O4S.Ca/c1-2-3-4-5-6-10-11(7,8)9;/h2-6H2,1H3,(H,7,8,9);/q;+2. The summed E-state index contributed by atoms with van der Waals surface area (Å²) in [5.41, 5.74) is 0. The fourth-order valence-electron chi connectivity index (χ4n) is 0.693. The van der Waals surface area contributed by atoms with Gasteiger partial charge in [-0.25, -0.2) is 4.18 Å². The predicted molar refractivity (Wildman–Crippen MR) is 47.4 cm³/mol. The molecule has 0 unspecified atom stereocenters. The van der Waals surface area contributed by atoms with Crippen molar-refractivity contribution in [2.75, 3.05) is 6.61 Å². The molecule has 0 saturated heterocycles. The summed E-state index contributed by atoms with van der Waals surface area (Å²) in [5, 5.41) is 0. The zero-order chi connectivity index (χ0) is 8.74. The maximum atomic E-state index is 10.00. The van der Waals surface area contributed by atoms with Crippen LogP contribution in [0.1, 0.15) is 32.6 Å². The summed E-state index contributed by atoms with van der Waals surface area (Å²) >= 11 is 0. The van der Waals surface area contributed by atoms with Crippen LogP contribution in [0, 0.1) is 0 Å². The third kappa shape index (κ3) is 13.7. The molecule has 6 heteroatoms. The van der Waals surface area contributed by atoms with Crippen LogP contribution in [0.25, 0.3) is 0 Å². The largest absolute Gasteiger partial charge is 2.00 e. The van der Waals surface area contributed by atoms with Gasteiger partial charge in [0.2, 0.25) is 0 Å². The first kappa shape index (κ1) is 15.6. The van der Waals surface area contributed by atoms with Crippen LogP contribution in [0.4, 0.5) is 0 Å². The minimum atomic E-state index is -4.21. The van der Waals surface area contributed by atoms with Gasteiger partial charge in [-0.15, -0.1) is 0 Å². The smallest absolute Gasteiger partial charge is 0.264 e. The molecule has 1 N–H and O–H groups in total. The predicted octanol–water partition coefficient (Wildman–Crippen LogP) is 1.01. The summed E-state index contributed by atoms with van der Waals surface area (Å²) in [6.45, 7) is 2.14. The van der Waals surface area contributed by atoms with Crippen LogP contribution in [0.5, 0.6) is 0 Å². The van der Waals surface area contributed by atoms with Gasteiger partial charge in [-0.1, -0.05) is 26.2 Å². The molecule has 0 saturated carbocycles. The van der Waals surface area contributed by atoms with E-state index in [0.717, 1.165) is 19.3 Å². The molecular weight excluding hydrogens is 208 g/mol. The van der Waals surface area contributed by atoms with Crippen LogP contribution in [-0.4, -0.2) is 57.3 Å². The van der Waals surface area contributed by atoms with Gasteiger partial charge in [0, 0.05) is 0 Å². The van der Waals surface area contributed by atoms with Gasteiger partial charge in [0.25, 0.3) is 0 Å². The molecule has 0 atom stereocenters. The number of rotatable bonds is 6. The molecule has 0 bridgehead atoms. The zero-order valence-electron chi connectivity index (χ0n) is 7.32. The van der Waals surface area contributed by atoms with E-state index in [1.54, 1.807) is 0 Å². The molecule has 0 rings (SSSR count). The van der Waals surface area contributed by atoms with Crippen molar-refractivity contribution >= 4 is 48.1 Å². The summed E-state index contributed by atoms with van der Waals surface area (Å²) in [6.07, 6.45) is 3.76. The van der Waals surface area contributed by atoms with Crippen molar-refractivity contribution in [1.82, 2.24) is 0 Å². The normalized spacial score (nSPS) is 10.8. The second-order valence-corrected chi connectivity index (χ2v) is 3.40. The monoisotopic (exact) mass is 222 g/mol. The fourth-order valence-corrected chi connectivity index (χ4v) is 1.02. The molecule has 0 aromatic carbocycles. The van der Waals surface area contributed by atoms with Crippen molar-refractivity contribution in [3.8, 4) is 0 Å². The summed E-state index contributed by atoms with van der Waals surface area (Å²) in [4.78, 5) is 0. The minimum absolute atomic E-state index is 0. The van der Waals surface area contributed by atoms with Gasteiger partial charge in [-0.2, -0.15) is 8.42 Å². The fraction of sp³-hybridized carbons (Fsp3) is 1.00. The van der Waals surface area contributed by atoms with E-state index in [1.807, 2.05) is 0 Å². The van der Waals surface area contributed by atoms with Crippen molar-refractivity contribution < 1.29 is 17.2 Å². The molecule has 0 aromatic rings. The Hall–Kier alpha value is 1.13. The van der Waals surface area contributed by atoms with Crippen molar-refractivity contribution in [1.29, 1.82) is 0 Å². The Morgan fingerprint density at radius 2 is 1.83 bits per heavy atom. The van der Waals surface area contributed by atoms with Gasteiger partial charge in [0.1, 0.15) is 0 Å². The summed E-state index contributed by atoms with van der Waals surface area (Å²) in [5.74, 6) is 0. The van der Waals surface area contributed by atoms with Crippen LogP contribution in [-0.2, 0) is 14.6 Å². The maximum absolute atomic E-state index is 10.00. The summed E-state index contributed by atoms with van der Waals surface area (Å²) in [6, 6.07) is 0. The van der Waals surface area contributed by atoms with E-state index in [4.69, 9.17) is 4.55 Å². The Kier molecular flexibility index (Phi) is 11.3. The molecule has 0 heterocycles. The van der Waals surface area contributed by atoms with Gasteiger partial charge in [-0.05, 0) is 6.42 Å². The van der Waals surface area contributed by atoms with Gasteiger partial charge in [-0.3, -0.25) is 4.55 Å². The first-order valence-electron chi connectivity index (χ1n) is 3.68. The Labute approximate surface area is 104 Å². The van der Waals surface area contributed by atoms with Gasteiger partial charge in [0.15, 0.2) is 0 Å². The molecule has 0 radical (unpaired) electrons. The molecule has 68 valence electrons. The molecule has 0 aromatic heterocycles. The molecular formula is C6H14CaO4S+2. The minimum Gasteiger partial charge on any atom is -0.264 e. The Balaban J connectivity index is 0. The van der Waals surface area contributed by atoms with Gasteiger partial charge < -0.3 is 0 Å².